The van der Waals surface area contributed by atoms with Crippen LogP contribution in [0.5, 0.6) is 5.88 Å². The van der Waals surface area contributed by atoms with Gasteiger partial charge in [0.25, 0.3) is 0 Å². The summed E-state index contributed by atoms with van der Waals surface area (Å²) >= 11 is 5.99. The smallest absolute Gasteiger partial charge is 0.416 e. The molecule has 0 aliphatic carbocycles. The van der Waals surface area contributed by atoms with E-state index >= 15 is 0 Å². The first-order chi connectivity index (χ1) is 12.3. The van der Waals surface area contributed by atoms with Crippen LogP contribution in [-0.4, -0.2) is 22.0 Å². The number of ether oxygens (including phenoxy) is 1. The van der Waals surface area contributed by atoms with Gasteiger partial charge in [-0.05, 0) is 17.7 Å². The van der Waals surface area contributed by atoms with Crippen molar-refractivity contribution in [3.63, 3.8) is 0 Å². The summed E-state index contributed by atoms with van der Waals surface area (Å²) in [4.78, 5) is 30.9. The molecule has 0 aliphatic heterocycles. The Balaban J connectivity index is 2.24. The Bertz CT molecular complexity index is 795. The van der Waals surface area contributed by atoms with E-state index in [0.29, 0.717) is 11.8 Å². The number of aromatic nitrogens is 2. The zero-order chi connectivity index (χ0) is 19.3. The highest BCUT2D eigenvalue weighted by Crippen LogP contribution is 2.32. The molecule has 5 nitrogen and oxygen atoms in total. The summed E-state index contributed by atoms with van der Waals surface area (Å²) in [6.45, 7) is 1.48. The molecule has 0 spiro atoms. The van der Waals surface area contributed by atoms with E-state index in [1.54, 1.807) is 6.92 Å². The van der Waals surface area contributed by atoms with E-state index in [4.69, 9.17) is 16.3 Å². The second kappa shape index (κ2) is 8.27. The van der Waals surface area contributed by atoms with Crippen LogP contribution in [0, 0.1) is 0 Å². The maximum absolute atomic E-state index is 12.6. The Labute approximate surface area is 152 Å². The molecule has 1 heterocycles. The highest BCUT2D eigenvalue weighted by molar-refractivity contribution is 6.31. The molecule has 0 N–H and O–H groups in total. The fraction of sp³-hybridized carbons (Fsp3) is 0.294. The number of carbonyl (C=O) groups excluding carboxylic acids is 2. The molecule has 2 aromatic rings. The molecular weight excluding hydrogens is 373 g/mol. The molecule has 0 saturated heterocycles. The van der Waals surface area contributed by atoms with Crippen LogP contribution in [0.3, 0.4) is 0 Å². The Kier molecular flexibility index (Phi) is 6.31. The number of halogens is 4. The van der Waals surface area contributed by atoms with E-state index in [1.807, 2.05) is 0 Å². The van der Waals surface area contributed by atoms with Gasteiger partial charge in [0, 0.05) is 6.42 Å². The second-order valence-corrected chi connectivity index (χ2v) is 5.66. The summed E-state index contributed by atoms with van der Waals surface area (Å²) in [6, 6.07) is 4.39. The highest BCUT2D eigenvalue weighted by Gasteiger charge is 2.30. The van der Waals surface area contributed by atoms with Gasteiger partial charge in [0.05, 0.1) is 11.1 Å². The highest BCUT2D eigenvalue weighted by atomic mass is 35.5. The molecule has 1 aromatic heterocycles. The first-order valence-electron chi connectivity index (χ1n) is 7.55. The number of hydrogen-bond acceptors (Lipinski definition) is 5. The summed E-state index contributed by atoms with van der Waals surface area (Å²) in [6.07, 6.45) is -2.79. The topological polar surface area (TPSA) is 69.2 Å². The first-order valence-corrected chi connectivity index (χ1v) is 7.93. The minimum Gasteiger partial charge on any atom is -0.472 e. The van der Waals surface area contributed by atoms with Gasteiger partial charge in [-0.25, -0.2) is 9.97 Å². The van der Waals surface area contributed by atoms with Crippen molar-refractivity contribution < 1.29 is 27.5 Å². The Hall–Kier alpha value is -2.48. The summed E-state index contributed by atoms with van der Waals surface area (Å²) in [5, 5.41) is -0.0960. The number of alkyl halides is 3. The summed E-state index contributed by atoms with van der Waals surface area (Å²) < 4.78 is 43.2. The summed E-state index contributed by atoms with van der Waals surface area (Å²) in [5.41, 5.74) is -0.285. The van der Waals surface area contributed by atoms with Gasteiger partial charge < -0.3 is 9.53 Å². The molecule has 0 saturated carbocycles. The van der Waals surface area contributed by atoms with Crippen molar-refractivity contribution in [2.75, 3.05) is 0 Å². The molecule has 1 aromatic carbocycles. The molecule has 0 bridgehead atoms. The molecule has 2 rings (SSSR count). The fourth-order valence-corrected chi connectivity index (χ4v) is 2.44. The van der Waals surface area contributed by atoms with Crippen LogP contribution < -0.4 is 4.74 Å². The third-order valence-electron chi connectivity index (χ3n) is 3.60. The van der Waals surface area contributed by atoms with Crippen LogP contribution in [0.4, 0.5) is 13.2 Å². The number of aldehydes is 1. The quantitative estimate of drug-likeness (QED) is 0.409. The van der Waals surface area contributed by atoms with Crippen LogP contribution in [0.2, 0.25) is 5.15 Å². The number of ketones is 1. The minimum absolute atomic E-state index is 0.0444. The number of Topliss-reactive ketones (excluding diaryl/α,β-unsaturated/α-hetero) is 1. The average molecular weight is 387 g/mol. The van der Waals surface area contributed by atoms with Crippen LogP contribution in [0.15, 0.2) is 30.6 Å². The molecule has 0 fully saturated rings. The van der Waals surface area contributed by atoms with Crippen molar-refractivity contribution in [3.8, 4) is 5.88 Å². The lowest BCUT2D eigenvalue weighted by molar-refractivity contribution is -0.137. The number of rotatable bonds is 7. The number of nitrogens with zero attached hydrogens (tertiary/aromatic N) is 2. The summed E-state index contributed by atoms with van der Waals surface area (Å²) in [5.74, 6) is -1.61. The van der Waals surface area contributed by atoms with Gasteiger partial charge in [-0.15, -0.1) is 0 Å². The average Bonchev–Trinajstić information content (AvgIpc) is 2.61. The molecular formula is C17H14ClF3N2O3. The molecule has 138 valence electrons. The van der Waals surface area contributed by atoms with Crippen molar-refractivity contribution in [2.24, 2.45) is 0 Å². The van der Waals surface area contributed by atoms with Gasteiger partial charge in [-0.1, -0.05) is 30.7 Å². The summed E-state index contributed by atoms with van der Waals surface area (Å²) in [7, 11) is 0. The molecule has 9 heteroatoms. The second-order valence-electron chi connectivity index (χ2n) is 5.30. The van der Waals surface area contributed by atoms with E-state index in [-0.39, 0.29) is 35.4 Å². The fourth-order valence-electron chi connectivity index (χ4n) is 2.20. The largest absolute Gasteiger partial charge is 0.472 e. The van der Waals surface area contributed by atoms with Crippen LogP contribution in [0.25, 0.3) is 0 Å². The van der Waals surface area contributed by atoms with Crippen LogP contribution >= 0.6 is 11.6 Å². The van der Waals surface area contributed by atoms with E-state index < -0.39 is 17.7 Å². The lowest BCUT2D eigenvalue weighted by Crippen LogP contribution is -2.16. The number of benzene rings is 1. The maximum atomic E-state index is 12.6. The third kappa shape index (κ3) is 4.57. The van der Waals surface area contributed by atoms with E-state index in [2.05, 4.69) is 9.97 Å². The van der Waals surface area contributed by atoms with Crippen molar-refractivity contribution in [1.29, 1.82) is 0 Å². The van der Waals surface area contributed by atoms with Crippen molar-refractivity contribution in [1.82, 2.24) is 9.97 Å². The van der Waals surface area contributed by atoms with Gasteiger partial charge in [-0.3, -0.25) is 4.79 Å². The lowest BCUT2D eigenvalue weighted by Gasteiger charge is -2.15. The molecule has 0 aliphatic rings. The van der Waals surface area contributed by atoms with Gasteiger partial charge >= 0.3 is 6.18 Å². The van der Waals surface area contributed by atoms with Crippen molar-refractivity contribution >= 4 is 23.7 Å². The SMILES string of the molecule is CCC(=O)C(C=O)c1c(Cl)ncnc1OCc1ccc(C(F)(F)F)cc1. The van der Waals surface area contributed by atoms with Gasteiger partial charge in [0.15, 0.2) is 0 Å². The van der Waals surface area contributed by atoms with Gasteiger partial charge in [0.2, 0.25) is 5.88 Å². The third-order valence-corrected chi connectivity index (χ3v) is 3.90. The Morgan fingerprint density at radius 3 is 2.46 bits per heavy atom. The lowest BCUT2D eigenvalue weighted by atomic mass is 9.96. The molecule has 1 atom stereocenters. The van der Waals surface area contributed by atoms with Crippen LogP contribution in [0.1, 0.15) is 36.0 Å². The monoisotopic (exact) mass is 386 g/mol. The number of hydrogen-bond donors (Lipinski definition) is 0. The van der Waals surface area contributed by atoms with Crippen molar-refractivity contribution in [3.05, 3.63) is 52.4 Å². The van der Waals surface area contributed by atoms with Gasteiger partial charge in [0.1, 0.15) is 36.1 Å². The van der Waals surface area contributed by atoms with E-state index in [9.17, 15) is 22.8 Å². The van der Waals surface area contributed by atoms with E-state index in [0.717, 1.165) is 18.5 Å². The predicted molar refractivity (Wildman–Crippen MR) is 86.9 cm³/mol. The van der Waals surface area contributed by atoms with Crippen LogP contribution in [-0.2, 0) is 22.4 Å². The molecule has 0 amide bonds. The molecule has 1 unspecified atom stereocenters. The predicted octanol–water partition coefficient (Wildman–Crippen LogP) is 3.99. The zero-order valence-electron chi connectivity index (χ0n) is 13.6. The maximum Gasteiger partial charge on any atom is 0.416 e. The standard InChI is InChI=1S/C17H14ClF3N2O3/c1-2-13(25)12(7-24)14-15(18)22-9-23-16(14)26-8-10-3-5-11(6-4-10)17(19,20)21/h3-7,9,12H,2,8H2,1H3. The number of carbonyl (C=O) groups is 2. The van der Waals surface area contributed by atoms with E-state index in [1.165, 1.54) is 12.1 Å². The van der Waals surface area contributed by atoms with Gasteiger partial charge in [-0.2, -0.15) is 13.2 Å². The molecule has 0 radical (unpaired) electrons. The normalized spacial score (nSPS) is 12.5. The Morgan fingerprint density at radius 1 is 1.27 bits per heavy atom. The molecule has 26 heavy (non-hydrogen) atoms. The Morgan fingerprint density at radius 2 is 1.92 bits per heavy atom. The first kappa shape index (κ1) is 19.8. The van der Waals surface area contributed by atoms with Crippen molar-refractivity contribution in [2.45, 2.75) is 32.0 Å². The minimum atomic E-state index is -4.43. The zero-order valence-corrected chi connectivity index (χ0v) is 14.3.